The van der Waals surface area contributed by atoms with Crippen molar-refractivity contribution in [3.8, 4) is 0 Å². The molecule has 1 saturated heterocycles. The highest BCUT2D eigenvalue weighted by atomic mass is 32.2. The van der Waals surface area contributed by atoms with Gasteiger partial charge in [-0.1, -0.05) is 44.9 Å². The first-order valence-corrected chi connectivity index (χ1v) is 12.2. The maximum Gasteiger partial charge on any atom is 0.223 e. The first-order chi connectivity index (χ1) is 13.2. The van der Waals surface area contributed by atoms with Gasteiger partial charge < -0.3 is 16.0 Å². The van der Waals surface area contributed by atoms with E-state index in [9.17, 15) is 9.59 Å². The largest absolute Gasteiger partial charge is 0.356 e. The van der Waals surface area contributed by atoms with Crippen LogP contribution in [0.15, 0.2) is 0 Å². The minimum Gasteiger partial charge on any atom is -0.356 e. The van der Waals surface area contributed by atoms with Crippen molar-refractivity contribution in [3.05, 3.63) is 0 Å². The van der Waals surface area contributed by atoms with Crippen LogP contribution in [0, 0.1) is 5.92 Å². The van der Waals surface area contributed by atoms with Gasteiger partial charge in [-0.2, -0.15) is 0 Å². The molecule has 6 heteroatoms. The van der Waals surface area contributed by atoms with E-state index in [4.69, 9.17) is 5.73 Å². The Balaban J connectivity index is 1.60. The van der Waals surface area contributed by atoms with Crippen LogP contribution >= 0.6 is 11.8 Å². The fourth-order valence-electron chi connectivity index (χ4n) is 4.23. The molecule has 2 fully saturated rings. The highest BCUT2D eigenvalue weighted by molar-refractivity contribution is 7.99. The topological polar surface area (TPSA) is 75.4 Å². The zero-order valence-electron chi connectivity index (χ0n) is 16.9. The minimum atomic E-state index is 0.0782. The molecule has 3 N–H and O–H groups in total. The molecule has 1 heterocycles. The average Bonchev–Trinajstić information content (AvgIpc) is 3.13. The SMILES string of the molecule is NCCCCCCNC(=O)CC1CSCN1C(=O)CCCC1CCCCC1. The van der Waals surface area contributed by atoms with Gasteiger partial charge in [0.2, 0.25) is 11.8 Å². The number of carbonyl (C=O) groups is 2. The zero-order valence-corrected chi connectivity index (χ0v) is 17.7. The van der Waals surface area contributed by atoms with Crippen LogP contribution in [0.5, 0.6) is 0 Å². The number of rotatable bonds is 12. The number of nitrogens with zero attached hydrogens (tertiary/aromatic N) is 1. The third kappa shape index (κ3) is 8.86. The summed E-state index contributed by atoms with van der Waals surface area (Å²) in [7, 11) is 0. The molecular formula is C21H39N3O2S. The number of hydrogen-bond donors (Lipinski definition) is 2. The normalized spacial score (nSPS) is 20.8. The van der Waals surface area contributed by atoms with Crippen molar-refractivity contribution in [2.75, 3.05) is 24.7 Å². The Morgan fingerprint density at radius 1 is 1.04 bits per heavy atom. The highest BCUT2D eigenvalue weighted by Gasteiger charge is 2.30. The van der Waals surface area contributed by atoms with Gasteiger partial charge in [-0.3, -0.25) is 9.59 Å². The smallest absolute Gasteiger partial charge is 0.223 e. The van der Waals surface area contributed by atoms with Crippen LogP contribution in [0.3, 0.4) is 0 Å². The van der Waals surface area contributed by atoms with Gasteiger partial charge in [-0.05, 0) is 38.1 Å². The highest BCUT2D eigenvalue weighted by Crippen LogP contribution is 2.29. The summed E-state index contributed by atoms with van der Waals surface area (Å²) in [6.07, 6.45) is 14.4. The lowest BCUT2D eigenvalue weighted by Gasteiger charge is -2.25. The Bertz CT molecular complexity index is 441. The maximum atomic E-state index is 12.6. The fourth-order valence-corrected chi connectivity index (χ4v) is 5.45. The van der Waals surface area contributed by atoms with Gasteiger partial charge in [-0.25, -0.2) is 0 Å². The van der Waals surface area contributed by atoms with Gasteiger partial charge in [0.05, 0.1) is 11.9 Å². The summed E-state index contributed by atoms with van der Waals surface area (Å²) in [6.45, 7) is 1.48. The molecule has 1 atom stereocenters. The Morgan fingerprint density at radius 3 is 2.59 bits per heavy atom. The van der Waals surface area contributed by atoms with Gasteiger partial charge in [0.25, 0.3) is 0 Å². The van der Waals surface area contributed by atoms with E-state index in [1.807, 2.05) is 4.90 Å². The van der Waals surface area contributed by atoms with Gasteiger partial charge >= 0.3 is 0 Å². The van der Waals surface area contributed by atoms with Crippen molar-refractivity contribution in [2.24, 2.45) is 11.7 Å². The second-order valence-electron chi connectivity index (χ2n) is 8.17. The third-order valence-electron chi connectivity index (χ3n) is 5.90. The first-order valence-electron chi connectivity index (χ1n) is 11.0. The summed E-state index contributed by atoms with van der Waals surface area (Å²) in [4.78, 5) is 26.8. The maximum absolute atomic E-state index is 12.6. The Kier molecular flexibility index (Phi) is 11.2. The van der Waals surface area contributed by atoms with E-state index < -0.39 is 0 Å². The Labute approximate surface area is 169 Å². The van der Waals surface area contributed by atoms with Crippen LogP contribution < -0.4 is 11.1 Å². The molecule has 2 rings (SSSR count). The van der Waals surface area contributed by atoms with Crippen LogP contribution in [-0.4, -0.2) is 47.5 Å². The molecule has 1 aliphatic heterocycles. The lowest BCUT2D eigenvalue weighted by Crippen LogP contribution is -2.40. The summed E-state index contributed by atoms with van der Waals surface area (Å²) < 4.78 is 0. The van der Waals surface area contributed by atoms with Crippen molar-refractivity contribution in [1.82, 2.24) is 10.2 Å². The van der Waals surface area contributed by atoms with Crippen LogP contribution in [0.25, 0.3) is 0 Å². The monoisotopic (exact) mass is 397 g/mol. The Hall–Kier alpha value is -0.750. The number of nitrogens with two attached hydrogens (primary N) is 1. The predicted molar refractivity (Wildman–Crippen MR) is 114 cm³/mol. The molecule has 0 aromatic heterocycles. The summed E-state index contributed by atoms with van der Waals surface area (Å²) in [6, 6.07) is 0.0782. The fraction of sp³-hybridized carbons (Fsp3) is 0.905. The molecule has 0 aromatic carbocycles. The predicted octanol–water partition coefficient (Wildman–Crippen LogP) is 3.66. The van der Waals surface area contributed by atoms with Crippen molar-refractivity contribution < 1.29 is 9.59 Å². The third-order valence-corrected chi connectivity index (χ3v) is 6.98. The summed E-state index contributed by atoms with van der Waals surface area (Å²) in [5.41, 5.74) is 5.48. The molecule has 0 aromatic rings. The van der Waals surface area contributed by atoms with Crippen LogP contribution in [0.1, 0.15) is 83.5 Å². The summed E-state index contributed by atoms with van der Waals surface area (Å²) in [5.74, 6) is 2.81. The van der Waals surface area contributed by atoms with Crippen molar-refractivity contribution in [1.29, 1.82) is 0 Å². The second-order valence-corrected chi connectivity index (χ2v) is 9.17. The molecule has 1 saturated carbocycles. The minimum absolute atomic E-state index is 0.0782. The van der Waals surface area contributed by atoms with E-state index in [2.05, 4.69) is 5.32 Å². The lowest BCUT2D eigenvalue weighted by molar-refractivity contribution is -0.132. The molecule has 2 aliphatic rings. The molecule has 27 heavy (non-hydrogen) atoms. The van der Waals surface area contributed by atoms with Crippen LogP contribution in [0.2, 0.25) is 0 Å². The van der Waals surface area contributed by atoms with Gasteiger partial charge in [-0.15, -0.1) is 11.8 Å². The van der Waals surface area contributed by atoms with Crippen LogP contribution in [-0.2, 0) is 9.59 Å². The van der Waals surface area contributed by atoms with E-state index in [0.717, 1.165) is 62.7 Å². The summed E-state index contributed by atoms with van der Waals surface area (Å²) >= 11 is 1.77. The average molecular weight is 398 g/mol. The molecule has 1 aliphatic carbocycles. The second kappa shape index (κ2) is 13.4. The molecule has 0 spiro atoms. The van der Waals surface area contributed by atoms with Crippen LogP contribution in [0.4, 0.5) is 0 Å². The molecule has 0 bridgehead atoms. The van der Waals surface area contributed by atoms with Gasteiger partial charge in [0, 0.05) is 25.1 Å². The van der Waals surface area contributed by atoms with E-state index in [1.54, 1.807) is 11.8 Å². The van der Waals surface area contributed by atoms with E-state index in [-0.39, 0.29) is 17.9 Å². The molecule has 0 radical (unpaired) electrons. The van der Waals surface area contributed by atoms with Crippen molar-refractivity contribution in [2.45, 2.75) is 89.5 Å². The standard InChI is InChI=1S/C21H39N3O2S/c22-13-6-1-2-7-14-23-20(25)15-19-16-27-17-24(19)21(26)12-8-11-18-9-4-3-5-10-18/h18-19H,1-17,22H2,(H,23,25). The quantitative estimate of drug-likeness (QED) is 0.493. The molecule has 5 nitrogen and oxygen atoms in total. The molecule has 1 unspecified atom stereocenters. The van der Waals surface area contributed by atoms with E-state index in [1.165, 1.54) is 38.5 Å². The van der Waals surface area contributed by atoms with E-state index in [0.29, 0.717) is 12.8 Å². The zero-order chi connectivity index (χ0) is 19.3. The number of unbranched alkanes of at least 4 members (excludes halogenated alkanes) is 3. The summed E-state index contributed by atoms with van der Waals surface area (Å²) in [5, 5.41) is 3.01. The van der Waals surface area contributed by atoms with Crippen molar-refractivity contribution >= 4 is 23.6 Å². The molecular weight excluding hydrogens is 358 g/mol. The number of carbonyl (C=O) groups excluding carboxylic acids is 2. The van der Waals surface area contributed by atoms with E-state index >= 15 is 0 Å². The number of amides is 2. The number of hydrogen-bond acceptors (Lipinski definition) is 4. The first kappa shape index (κ1) is 22.5. The van der Waals surface area contributed by atoms with Crippen molar-refractivity contribution in [3.63, 3.8) is 0 Å². The van der Waals surface area contributed by atoms with Gasteiger partial charge in [0.1, 0.15) is 0 Å². The molecule has 156 valence electrons. The number of thioether (sulfide) groups is 1. The number of nitrogens with one attached hydrogen (secondary N) is 1. The Morgan fingerprint density at radius 2 is 1.81 bits per heavy atom. The lowest BCUT2D eigenvalue weighted by atomic mass is 9.86. The molecule has 2 amide bonds. The van der Waals surface area contributed by atoms with Gasteiger partial charge in [0.15, 0.2) is 0 Å².